The first-order chi connectivity index (χ1) is 31.9. The van der Waals surface area contributed by atoms with Crippen molar-refractivity contribution in [2.45, 2.75) is 145 Å². The molecule has 0 saturated heterocycles. The van der Waals surface area contributed by atoms with E-state index in [1.165, 1.54) is 0 Å². The summed E-state index contributed by atoms with van der Waals surface area (Å²) in [4.78, 5) is 75.0. The smallest absolute Gasteiger partial charge is 0.408 e. The quantitative estimate of drug-likeness (QED) is 0.0392. The van der Waals surface area contributed by atoms with Gasteiger partial charge in [0, 0.05) is 12.8 Å². The zero-order chi connectivity index (χ0) is 51.2. The van der Waals surface area contributed by atoms with Gasteiger partial charge in [0.15, 0.2) is 23.8 Å². The molecular formula is C54H76N4O10. The van der Waals surface area contributed by atoms with Crippen LogP contribution >= 0.6 is 0 Å². The molecule has 2 amide bonds. The second-order valence-electron chi connectivity index (χ2n) is 18.8. The van der Waals surface area contributed by atoms with Crippen LogP contribution in [-0.2, 0) is 28.7 Å². The lowest BCUT2D eigenvalue weighted by Crippen LogP contribution is -2.45. The Morgan fingerprint density at radius 3 is 1.24 bits per heavy atom. The lowest BCUT2D eigenvalue weighted by atomic mass is 9.71. The van der Waals surface area contributed by atoms with E-state index in [1.807, 2.05) is 140 Å². The Labute approximate surface area is 403 Å². The second kappa shape index (κ2) is 28.3. The number of nitrogens with one attached hydrogen (secondary N) is 2. The fourth-order valence-electron chi connectivity index (χ4n) is 7.87. The fraction of sp³-hybridized carbons (Fsp3) is 0.481. The Morgan fingerprint density at radius 2 is 0.912 bits per heavy atom. The Balaban J connectivity index is 1.98. The zero-order valence-corrected chi connectivity index (χ0v) is 41.8. The molecule has 0 heterocycles. The molecule has 2 rings (SSSR count). The summed E-state index contributed by atoms with van der Waals surface area (Å²) < 4.78 is 10.9. The predicted octanol–water partition coefficient (Wildman–Crippen LogP) is 9.54. The van der Waals surface area contributed by atoms with Crippen molar-refractivity contribution in [2.75, 3.05) is 13.1 Å². The maximum atomic E-state index is 13.3. The number of carboxylic acid groups (broad SMARTS) is 2. The molecule has 0 aromatic heterocycles. The van der Waals surface area contributed by atoms with E-state index in [9.17, 15) is 39.0 Å². The van der Waals surface area contributed by atoms with Crippen molar-refractivity contribution in [3.05, 3.63) is 130 Å². The number of allylic oxidation sites excluding steroid dienone is 20. The minimum Gasteiger partial charge on any atom is -0.480 e. The Kier molecular flexibility index (Phi) is 24.1. The number of unbranched alkanes of at least 4 members (excludes halogenated alkanes) is 2. The van der Waals surface area contributed by atoms with E-state index in [2.05, 4.69) is 10.6 Å². The molecule has 14 nitrogen and oxygen atoms in total. The monoisotopic (exact) mass is 941 g/mol. The average Bonchev–Trinajstić information content (AvgIpc) is 3.24. The number of carboxylic acids is 2. The van der Waals surface area contributed by atoms with Gasteiger partial charge in [0.05, 0.1) is 0 Å². The molecule has 0 bridgehead atoms. The summed E-state index contributed by atoms with van der Waals surface area (Å²) in [6.45, 7) is 20.1. The van der Waals surface area contributed by atoms with Gasteiger partial charge in [-0.25, -0.2) is 19.2 Å². The largest absolute Gasteiger partial charge is 0.480 e. The molecule has 0 fully saturated rings. The number of amides is 2. The highest BCUT2D eigenvalue weighted by atomic mass is 16.6. The van der Waals surface area contributed by atoms with E-state index in [1.54, 1.807) is 13.8 Å². The van der Waals surface area contributed by atoms with Crippen LogP contribution in [0.4, 0.5) is 9.59 Å². The van der Waals surface area contributed by atoms with Crippen molar-refractivity contribution >= 4 is 35.7 Å². The van der Waals surface area contributed by atoms with Crippen molar-refractivity contribution in [3.63, 3.8) is 0 Å². The summed E-state index contributed by atoms with van der Waals surface area (Å²) in [7, 11) is 0. The first-order valence-electron chi connectivity index (χ1n) is 23.3. The van der Waals surface area contributed by atoms with Gasteiger partial charge in [-0.1, -0.05) is 135 Å². The SMILES string of the molecule is CC1=C(/C=C/C(C)=C/C=C/C(C)=C/C=C/C=C(C)/C=C/C=C(C)/C=C/C2=C(C)C(=O)C(OC(=O)NC(CCCCN)C(=O)O)CC2(C)C)C(C)(C)CC(OC(=O)NC(CCCCN)C(=O)O)C1=O. The van der Waals surface area contributed by atoms with Crippen molar-refractivity contribution in [3.8, 4) is 0 Å². The summed E-state index contributed by atoms with van der Waals surface area (Å²) in [6.07, 6.45) is 26.9. The molecule has 0 aromatic carbocycles. The maximum Gasteiger partial charge on any atom is 0.408 e. The van der Waals surface area contributed by atoms with Gasteiger partial charge in [-0.2, -0.15) is 0 Å². The van der Waals surface area contributed by atoms with Crippen molar-refractivity contribution in [1.82, 2.24) is 10.6 Å². The van der Waals surface area contributed by atoms with Gasteiger partial charge in [-0.05, 0) is 126 Å². The molecule has 2 aliphatic carbocycles. The highest BCUT2D eigenvalue weighted by molar-refractivity contribution is 6.02. The van der Waals surface area contributed by atoms with Crippen LogP contribution in [0.3, 0.4) is 0 Å². The van der Waals surface area contributed by atoms with Gasteiger partial charge in [-0.3, -0.25) is 9.59 Å². The minimum atomic E-state index is -1.17. The molecule has 0 aliphatic heterocycles. The minimum absolute atomic E-state index is 0.213. The molecule has 14 heteroatoms. The molecule has 0 aromatic rings. The molecular weight excluding hydrogens is 865 g/mol. The van der Waals surface area contributed by atoms with Crippen LogP contribution in [0.2, 0.25) is 0 Å². The van der Waals surface area contributed by atoms with Gasteiger partial charge in [0.25, 0.3) is 0 Å². The number of alkyl carbamates (subject to hydrolysis) is 2. The summed E-state index contributed by atoms with van der Waals surface area (Å²) in [5.74, 6) is -2.97. The van der Waals surface area contributed by atoms with Crippen LogP contribution in [0.15, 0.2) is 130 Å². The number of ketones is 2. The predicted molar refractivity (Wildman–Crippen MR) is 268 cm³/mol. The van der Waals surface area contributed by atoms with Gasteiger partial charge < -0.3 is 41.8 Å². The number of nitrogens with two attached hydrogens (primary N) is 2. The van der Waals surface area contributed by atoms with E-state index < -0.39 is 59.2 Å². The number of hydrogen-bond acceptors (Lipinski definition) is 10. The van der Waals surface area contributed by atoms with Gasteiger partial charge in [-0.15, -0.1) is 0 Å². The van der Waals surface area contributed by atoms with Crippen molar-refractivity contribution in [2.24, 2.45) is 22.3 Å². The highest BCUT2D eigenvalue weighted by Gasteiger charge is 2.41. The molecule has 2 aliphatic rings. The first kappa shape index (κ1) is 58.0. The number of aliphatic carboxylic acids is 2. The molecule has 0 saturated carbocycles. The lowest BCUT2D eigenvalue weighted by molar-refractivity contribution is -0.140. The molecule has 372 valence electrons. The number of carbonyl (C=O) groups excluding carboxylic acids is 4. The molecule has 8 N–H and O–H groups in total. The lowest BCUT2D eigenvalue weighted by Gasteiger charge is -2.36. The van der Waals surface area contributed by atoms with E-state index in [0.29, 0.717) is 49.9 Å². The maximum absolute atomic E-state index is 13.3. The highest BCUT2D eigenvalue weighted by Crippen LogP contribution is 2.42. The summed E-state index contributed by atoms with van der Waals surface area (Å²) in [5, 5.41) is 23.7. The summed E-state index contributed by atoms with van der Waals surface area (Å²) >= 11 is 0. The van der Waals surface area contributed by atoms with Gasteiger partial charge in [0.2, 0.25) is 0 Å². The second-order valence-corrected chi connectivity index (χ2v) is 18.8. The molecule has 4 atom stereocenters. The summed E-state index contributed by atoms with van der Waals surface area (Å²) in [6, 6.07) is -2.25. The molecule has 68 heavy (non-hydrogen) atoms. The average molecular weight is 941 g/mol. The van der Waals surface area contributed by atoms with Crippen LogP contribution in [0, 0.1) is 10.8 Å². The zero-order valence-electron chi connectivity index (χ0n) is 41.8. The Bertz CT molecular complexity index is 2040. The molecule has 0 spiro atoms. The van der Waals surface area contributed by atoms with Crippen LogP contribution < -0.4 is 22.1 Å². The number of ether oxygens (including phenoxy) is 2. The van der Waals surface area contributed by atoms with Crippen molar-refractivity contribution < 1.29 is 48.5 Å². The van der Waals surface area contributed by atoms with Crippen LogP contribution in [0.5, 0.6) is 0 Å². The number of rotatable bonds is 24. The van der Waals surface area contributed by atoms with E-state index in [-0.39, 0.29) is 37.2 Å². The standard InChI is InChI=1S/C54H76N4O10/c1-35(21-17-23-37(3)27-29-41-39(5)47(59)45(33-53(41,7)8)67-51(65)57-43(49(61)62)25-13-15-31-55)19-11-12-20-36(2)22-18-24-38(4)28-30-42-40(6)48(60)46(34-54(42,9)10)68-52(66)58-44(50(63)64)26-14-16-32-56/h11-12,17-24,27-30,43-46H,13-16,25-26,31-34,55-56H2,1-10H3,(H,57,65)(H,58,66)(H,61,62)(H,63,64)/b12-11+,21-17+,22-18+,29-27+,30-28+,35-19+,36-20+,37-23+,38-24+. The fourth-order valence-corrected chi connectivity index (χ4v) is 7.87. The third-order valence-corrected chi connectivity index (χ3v) is 11.8. The van der Waals surface area contributed by atoms with Gasteiger partial charge >= 0.3 is 24.1 Å². The Morgan fingerprint density at radius 1 is 0.588 bits per heavy atom. The van der Waals surface area contributed by atoms with Crippen LogP contribution in [0.25, 0.3) is 0 Å². The third-order valence-electron chi connectivity index (χ3n) is 11.8. The van der Waals surface area contributed by atoms with E-state index in [0.717, 1.165) is 33.4 Å². The van der Waals surface area contributed by atoms with E-state index >= 15 is 0 Å². The van der Waals surface area contributed by atoms with Crippen molar-refractivity contribution in [1.29, 1.82) is 0 Å². The van der Waals surface area contributed by atoms with Crippen LogP contribution in [-0.4, -0.2) is 83.3 Å². The van der Waals surface area contributed by atoms with Crippen LogP contribution in [0.1, 0.15) is 121 Å². The molecule has 4 unspecified atom stereocenters. The topological polar surface area (TPSA) is 237 Å². The Hall–Kier alpha value is -6.12. The van der Waals surface area contributed by atoms with E-state index in [4.69, 9.17) is 20.9 Å². The number of hydrogen-bond donors (Lipinski definition) is 6. The number of Topliss-reactive ketones (excluding diaryl/α,β-unsaturated/α-hetero) is 2. The number of carbonyl (C=O) groups is 6. The normalized spacial score (nSPS) is 20.6. The van der Waals surface area contributed by atoms with Gasteiger partial charge in [0.1, 0.15) is 12.1 Å². The first-order valence-corrected chi connectivity index (χ1v) is 23.3. The molecule has 0 radical (unpaired) electrons. The third kappa shape index (κ3) is 19.6. The summed E-state index contributed by atoms with van der Waals surface area (Å²) in [5.41, 5.74) is 16.7.